The molecule has 0 atom stereocenters. The predicted octanol–water partition coefficient (Wildman–Crippen LogP) is 1.55. The van der Waals surface area contributed by atoms with E-state index in [1.54, 1.807) is 0 Å². The van der Waals surface area contributed by atoms with Crippen LogP contribution in [0.2, 0.25) is 0 Å². The van der Waals surface area contributed by atoms with Gasteiger partial charge in [-0.25, -0.2) is 5.84 Å². The summed E-state index contributed by atoms with van der Waals surface area (Å²) in [6, 6.07) is 0.297. The zero-order chi connectivity index (χ0) is 13.7. The highest BCUT2D eigenvalue weighted by atomic mass is 16.5. The van der Waals surface area contributed by atoms with Crippen LogP contribution in [0.4, 0.5) is 11.9 Å². The van der Waals surface area contributed by atoms with Crippen molar-refractivity contribution < 1.29 is 4.74 Å². The highest BCUT2D eigenvalue weighted by Crippen LogP contribution is 2.40. The maximum atomic E-state index is 5.41. The van der Waals surface area contributed by atoms with Crippen molar-refractivity contribution in [2.24, 2.45) is 11.3 Å². The molecule has 0 bridgehead atoms. The summed E-state index contributed by atoms with van der Waals surface area (Å²) >= 11 is 0. The van der Waals surface area contributed by atoms with Crippen molar-refractivity contribution in [2.45, 2.75) is 39.5 Å². The van der Waals surface area contributed by atoms with E-state index in [9.17, 15) is 0 Å². The Labute approximate surface area is 113 Å². The van der Waals surface area contributed by atoms with Crippen LogP contribution in [0.1, 0.15) is 39.5 Å². The number of hydrazine groups is 1. The lowest BCUT2D eigenvalue weighted by atomic mass is 9.70. The minimum absolute atomic E-state index is 0.297. The third-order valence-electron chi connectivity index (χ3n) is 3.41. The molecule has 1 aromatic rings. The van der Waals surface area contributed by atoms with E-state index in [4.69, 9.17) is 10.6 Å². The molecule has 1 fully saturated rings. The number of ether oxygens (including phenoxy) is 1. The summed E-state index contributed by atoms with van der Waals surface area (Å²) in [6.45, 7) is 5.72. The fourth-order valence-electron chi connectivity index (χ4n) is 2.01. The molecule has 1 heterocycles. The van der Waals surface area contributed by atoms with Crippen LogP contribution in [0, 0.1) is 5.41 Å². The molecule has 4 N–H and O–H groups in total. The highest BCUT2D eigenvalue weighted by Gasteiger charge is 2.31. The van der Waals surface area contributed by atoms with Gasteiger partial charge in [0.2, 0.25) is 11.9 Å². The lowest BCUT2D eigenvalue weighted by Gasteiger charge is -2.38. The summed E-state index contributed by atoms with van der Waals surface area (Å²) in [6.07, 6.45) is 4.69. The van der Waals surface area contributed by atoms with Crippen molar-refractivity contribution in [1.29, 1.82) is 0 Å². The van der Waals surface area contributed by atoms with Crippen LogP contribution in [0.5, 0.6) is 6.01 Å². The molecule has 0 radical (unpaired) electrons. The maximum absolute atomic E-state index is 5.41. The number of nitrogen functional groups attached to an aromatic ring is 1. The van der Waals surface area contributed by atoms with Gasteiger partial charge < -0.3 is 10.1 Å². The molecule has 0 aromatic carbocycles. The molecule has 0 aliphatic heterocycles. The first-order valence-corrected chi connectivity index (χ1v) is 6.74. The van der Waals surface area contributed by atoms with Crippen LogP contribution < -0.4 is 21.3 Å². The second kappa shape index (κ2) is 6.01. The lowest BCUT2D eigenvalue weighted by molar-refractivity contribution is 0.179. The Morgan fingerprint density at radius 1 is 1.26 bits per heavy atom. The molecule has 7 nitrogen and oxygen atoms in total. The fraction of sp³-hybridized carbons (Fsp3) is 0.750. The van der Waals surface area contributed by atoms with Gasteiger partial charge >= 0.3 is 6.01 Å². The van der Waals surface area contributed by atoms with Crippen LogP contribution in [0.3, 0.4) is 0 Å². The van der Waals surface area contributed by atoms with Crippen molar-refractivity contribution in [2.75, 3.05) is 23.9 Å². The van der Waals surface area contributed by atoms with Crippen molar-refractivity contribution in [1.82, 2.24) is 15.0 Å². The van der Waals surface area contributed by atoms with Crippen molar-refractivity contribution in [3.63, 3.8) is 0 Å². The Bertz CT molecular complexity index is 421. The van der Waals surface area contributed by atoms with Gasteiger partial charge in [-0.1, -0.05) is 20.3 Å². The number of hydrogen-bond acceptors (Lipinski definition) is 7. The number of hydrogen-bond donors (Lipinski definition) is 3. The molecule has 1 aliphatic rings. The maximum Gasteiger partial charge on any atom is 0.323 e. The van der Waals surface area contributed by atoms with Crippen LogP contribution in [0.25, 0.3) is 0 Å². The molecular weight excluding hydrogens is 244 g/mol. The Morgan fingerprint density at radius 2 is 2.00 bits per heavy atom. The molecule has 0 spiro atoms. The number of nitrogens with one attached hydrogen (secondary N) is 2. The largest absolute Gasteiger partial charge is 0.463 e. The summed E-state index contributed by atoms with van der Waals surface area (Å²) in [5.41, 5.74) is 2.78. The minimum atomic E-state index is 0.297. The zero-order valence-corrected chi connectivity index (χ0v) is 11.6. The van der Waals surface area contributed by atoms with Gasteiger partial charge in [-0.3, -0.25) is 5.43 Å². The second-order valence-electron chi connectivity index (χ2n) is 5.28. The zero-order valence-electron chi connectivity index (χ0n) is 11.6. The lowest BCUT2D eigenvalue weighted by Crippen LogP contribution is -2.33. The summed E-state index contributed by atoms with van der Waals surface area (Å²) in [4.78, 5) is 12.4. The number of nitrogens with two attached hydrogens (primary N) is 1. The molecule has 106 valence electrons. The molecule has 0 saturated heterocycles. The van der Waals surface area contributed by atoms with E-state index in [1.165, 1.54) is 19.3 Å². The van der Waals surface area contributed by atoms with E-state index in [0.29, 0.717) is 29.9 Å². The number of aromatic nitrogens is 3. The average molecular weight is 266 g/mol. The summed E-state index contributed by atoms with van der Waals surface area (Å²) in [5.74, 6) is 6.16. The minimum Gasteiger partial charge on any atom is -0.463 e. The van der Waals surface area contributed by atoms with Crippen LogP contribution >= 0.6 is 0 Å². The average Bonchev–Trinajstić information content (AvgIpc) is 2.40. The molecular formula is C12H22N6O. The fourth-order valence-corrected chi connectivity index (χ4v) is 2.01. The molecule has 19 heavy (non-hydrogen) atoms. The van der Waals surface area contributed by atoms with E-state index >= 15 is 0 Å². The third kappa shape index (κ3) is 3.66. The topological polar surface area (TPSA) is 98.0 Å². The SMILES string of the molecule is CCCOc1nc(NN)nc(NCC2(C)CCC2)n1. The van der Waals surface area contributed by atoms with Gasteiger partial charge in [-0.2, -0.15) is 15.0 Å². The van der Waals surface area contributed by atoms with Gasteiger partial charge in [0.1, 0.15) is 0 Å². The summed E-state index contributed by atoms with van der Waals surface area (Å²) in [5, 5.41) is 3.24. The first-order chi connectivity index (χ1) is 9.15. The highest BCUT2D eigenvalue weighted by molar-refractivity contribution is 5.35. The second-order valence-corrected chi connectivity index (χ2v) is 5.28. The molecule has 2 rings (SSSR count). The van der Waals surface area contributed by atoms with E-state index in [1.807, 2.05) is 6.92 Å². The van der Waals surface area contributed by atoms with Gasteiger partial charge in [0.05, 0.1) is 6.61 Å². The molecule has 1 saturated carbocycles. The Kier molecular flexibility index (Phi) is 4.36. The molecule has 0 amide bonds. The van der Waals surface area contributed by atoms with E-state index < -0.39 is 0 Å². The quantitative estimate of drug-likeness (QED) is 0.508. The van der Waals surface area contributed by atoms with Gasteiger partial charge in [-0.05, 0) is 24.7 Å². The van der Waals surface area contributed by atoms with Gasteiger partial charge in [0.25, 0.3) is 0 Å². The Hall–Kier alpha value is -1.63. The molecule has 1 aliphatic carbocycles. The first-order valence-electron chi connectivity index (χ1n) is 6.74. The van der Waals surface area contributed by atoms with Crippen LogP contribution in [-0.4, -0.2) is 28.1 Å². The molecule has 1 aromatic heterocycles. The normalized spacial score (nSPS) is 16.6. The van der Waals surface area contributed by atoms with Crippen molar-refractivity contribution in [3.05, 3.63) is 0 Å². The number of rotatable bonds is 7. The summed E-state index contributed by atoms with van der Waals surface area (Å²) in [7, 11) is 0. The van der Waals surface area contributed by atoms with Gasteiger partial charge in [-0.15, -0.1) is 0 Å². The van der Waals surface area contributed by atoms with E-state index in [2.05, 4.69) is 32.6 Å². The smallest absolute Gasteiger partial charge is 0.323 e. The third-order valence-corrected chi connectivity index (χ3v) is 3.41. The van der Waals surface area contributed by atoms with Gasteiger partial charge in [0, 0.05) is 6.54 Å². The summed E-state index contributed by atoms with van der Waals surface area (Å²) < 4.78 is 5.41. The van der Waals surface area contributed by atoms with E-state index in [-0.39, 0.29) is 0 Å². The predicted molar refractivity (Wildman–Crippen MR) is 73.9 cm³/mol. The standard InChI is InChI=1S/C12H22N6O/c1-3-7-19-11-16-9(15-10(17-11)18-13)14-8-12(2)5-4-6-12/h3-8,13H2,1-2H3,(H2,14,15,16,17,18). The van der Waals surface area contributed by atoms with Crippen LogP contribution in [-0.2, 0) is 0 Å². The van der Waals surface area contributed by atoms with Gasteiger partial charge in [0.15, 0.2) is 0 Å². The molecule has 0 unspecified atom stereocenters. The number of anilines is 2. The van der Waals surface area contributed by atoms with E-state index in [0.717, 1.165) is 13.0 Å². The Balaban J connectivity index is 2.01. The molecule has 7 heteroatoms. The van der Waals surface area contributed by atoms with Crippen LogP contribution in [0.15, 0.2) is 0 Å². The monoisotopic (exact) mass is 266 g/mol. The number of nitrogens with zero attached hydrogens (tertiary/aromatic N) is 3. The van der Waals surface area contributed by atoms with Crippen molar-refractivity contribution >= 4 is 11.9 Å². The van der Waals surface area contributed by atoms with Crippen molar-refractivity contribution in [3.8, 4) is 6.01 Å². The first kappa shape index (κ1) is 13.8. The Morgan fingerprint density at radius 3 is 2.58 bits per heavy atom.